The van der Waals surface area contributed by atoms with Crippen LogP contribution in [0.25, 0.3) is 0 Å². The number of halogens is 4. The minimum atomic E-state index is -0.0215. The van der Waals surface area contributed by atoms with Crippen LogP contribution in [0.3, 0.4) is 0 Å². The molecule has 0 saturated carbocycles. The van der Waals surface area contributed by atoms with Crippen LogP contribution in [0.2, 0.25) is 10.0 Å². The highest BCUT2D eigenvalue weighted by molar-refractivity contribution is 14.1. The third kappa shape index (κ3) is 3.57. The second kappa shape index (κ2) is 6.66. The molecule has 1 atom stereocenters. The number of rotatable bonds is 3. The number of hydrogen-bond donors (Lipinski definition) is 0. The lowest BCUT2D eigenvalue weighted by atomic mass is 10.0. The molecule has 1 nitrogen and oxygen atoms in total. The van der Waals surface area contributed by atoms with Gasteiger partial charge in [0.15, 0.2) is 0 Å². The minimum absolute atomic E-state index is 0.0215. The van der Waals surface area contributed by atoms with Gasteiger partial charge in [-0.2, -0.15) is 0 Å². The fourth-order valence-electron chi connectivity index (χ4n) is 1.78. The highest BCUT2D eigenvalue weighted by Crippen LogP contribution is 2.40. The highest BCUT2D eigenvalue weighted by atomic mass is 127. The van der Waals surface area contributed by atoms with E-state index in [2.05, 4.69) is 38.5 Å². The van der Waals surface area contributed by atoms with E-state index >= 15 is 0 Å². The van der Waals surface area contributed by atoms with Crippen molar-refractivity contribution in [3.8, 4) is 5.75 Å². The standard InChI is InChI=1S/C14H10BrCl2IO/c1-19-13-5-3-9(17)7-11(13)14(15)10-6-8(16)2-4-12(10)18/h2-7,14H,1H3. The van der Waals surface area contributed by atoms with Gasteiger partial charge in [-0.3, -0.25) is 0 Å². The predicted molar refractivity (Wildman–Crippen MR) is 92.9 cm³/mol. The number of hydrogen-bond acceptors (Lipinski definition) is 1. The SMILES string of the molecule is COc1ccc(Cl)cc1C(Br)c1cc(Cl)ccc1I. The first-order chi connectivity index (χ1) is 9.02. The van der Waals surface area contributed by atoms with E-state index in [4.69, 9.17) is 27.9 Å². The summed E-state index contributed by atoms with van der Waals surface area (Å²) in [4.78, 5) is -0.0215. The summed E-state index contributed by atoms with van der Waals surface area (Å²) >= 11 is 18.1. The normalized spacial score (nSPS) is 12.3. The van der Waals surface area contributed by atoms with Gasteiger partial charge in [-0.25, -0.2) is 0 Å². The quantitative estimate of drug-likeness (QED) is 0.389. The first-order valence-corrected chi connectivity index (χ1v) is 8.20. The molecule has 2 rings (SSSR count). The van der Waals surface area contributed by atoms with Crippen LogP contribution in [0.5, 0.6) is 5.75 Å². The van der Waals surface area contributed by atoms with Crippen molar-refractivity contribution in [2.24, 2.45) is 0 Å². The van der Waals surface area contributed by atoms with Gasteiger partial charge in [0.05, 0.1) is 11.9 Å². The molecule has 0 aliphatic carbocycles. The molecule has 0 N–H and O–H groups in total. The summed E-state index contributed by atoms with van der Waals surface area (Å²) in [7, 11) is 1.65. The Bertz CT molecular complexity index is 604. The van der Waals surface area contributed by atoms with Crippen LogP contribution >= 0.6 is 61.7 Å². The Balaban J connectivity index is 2.51. The molecule has 1 unspecified atom stereocenters. The third-order valence-corrected chi connectivity index (χ3v) is 5.13. The number of ether oxygens (including phenoxy) is 1. The Morgan fingerprint density at radius 2 is 1.63 bits per heavy atom. The van der Waals surface area contributed by atoms with Crippen LogP contribution in [0.1, 0.15) is 16.0 Å². The summed E-state index contributed by atoms with van der Waals surface area (Å²) in [5.41, 5.74) is 2.07. The summed E-state index contributed by atoms with van der Waals surface area (Å²) in [6.45, 7) is 0. The molecule has 0 aromatic heterocycles. The van der Waals surface area contributed by atoms with Gasteiger partial charge in [0.25, 0.3) is 0 Å². The number of methoxy groups -OCH3 is 1. The van der Waals surface area contributed by atoms with E-state index in [1.165, 1.54) is 0 Å². The Morgan fingerprint density at radius 1 is 1.05 bits per heavy atom. The fraction of sp³-hybridized carbons (Fsp3) is 0.143. The molecular formula is C14H10BrCl2IO. The van der Waals surface area contributed by atoms with Crippen LogP contribution < -0.4 is 4.74 Å². The van der Waals surface area contributed by atoms with E-state index in [0.29, 0.717) is 10.0 Å². The molecule has 0 radical (unpaired) electrons. The smallest absolute Gasteiger partial charge is 0.123 e. The maximum Gasteiger partial charge on any atom is 0.123 e. The molecule has 5 heteroatoms. The Morgan fingerprint density at radius 3 is 2.26 bits per heavy atom. The number of benzene rings is 2. The zero-order valence-corrected chi connectivity index (χ0v) is 15.2. The molecule has 0 aliphatic heterocycles. The molecule has 0 heterocycles. The lowest BCUT2D eigenvalue weighted by molar-refractivity contribution is 0.410. The molecule has 0 spiro atoms. The van der Waals surface area contributed by atoms with E-state index in [1.807, 2.05) is 36.4 Å². The van der Waals surface area contributed by atoms with Crippen LogP contribution in [0.4, 0.5) is 0 Å². The molecule has 0 fully saturated rings. The van der Waals surface area contributed by atoms with Crippen molar-refractivity contribution in [1.29, 1.82) is 0 Å². The van der Waals surface area contributed by atoms with Gasteiger partial charge < -0.3 is 4.74 Å². The Labute approximate surface area is 144 Å². The average Bonchev–Trinajstić information content (AvgIpc) is 2.40. The summed E-state index contributed by atoms with van der Waals surface area (Å²) in [6.07, 6.45) is 0. The van der Waals surface area contributed by atoms with E-state index < -0.39 is 0 Å². The first-order valence-electron chi connectivity index (χ1n) is 5.45. The van der Waals surface area contributed by atoms with Gasteiger partial charge in [0, 0.05) is 19.2 Å². The maximum absolute atomic E-state index is 6.07. The van der Waals surface area contributed by atoms with Crippen LogP contribution in [0.15, 0.2) is 36.4 Å². The van der Waals surface area contributed by atoms with Crippen LogP contribution in [-0.4, -0.2) is 7.11 Å². The van der Waals surface area contributed by atoms with Crippen molar-refractivity contribution < 1.29 is 4.74 Å². The summed E-state index contributed by atoms with van der Waals surface area (Å²) in [6, 6.07) is 11.4. The second-order valence-electron chi connectivity index (χ2n) is 3.91. The van der Waals surface area contributed by atoms with Crippen molar-refractivity contribution >= 4 is 61.7 Å². The van der Waals surface area contributed by atoms with E-state index in [-0.39, 0.29) is 4.83 Å². The fourth-order valence-corrected chi connectivity index (χ4v) is 3.95. The summed E-state index contributed by atoms with van der Waals surface area (Å²) in [5.74, 6) is 0.794. The van der Waals surface area contributed by atoms with Gasteiger partial charge >= 0.3 is 0 Å². The van der Waals surface area contributed by atoms with Crippen molar-refractivity contribution in [2.45, 2.75) is 4.83 Å². The molecule has 2 aromatic carbocycles. The Kier molecular flexibility index (Phi) is 5.40. The van der Waals surface area contributed by atoms with Crippen molar-refractivity contribution in [2.75, 3.05) is 7.11 Å². The van der Waals surface area contributed by atoms with Crippen LogP contribution in [-0.2, 0) is 0 Å². The topological polar surface area (TPSA) is 9.23 Å². The molecule has 0 aliphatic rings. The zero-order chi connectivity index (χ0) is 14.0. The third-order valence-electron chi connectivity index (χ3n) is 2.70. The van der Waals surface area contributed by atoms with E-state index in [0.717, 1.165) is 20.4 Å². The van der Waals surface area contributed by atoms with Crippen LogP contribution in [0, 0.1) is 3.57 Å². The predicted octanol–water partition coefficient (Wildman–Crippen LogP) is 6.09. The molecule has 0 saturated heterocycles. The van der Waals surface area contributed by atoms with E-state index in [1.54, 1.807) is 7.11 Å². The van der Waals surface area contributed by atoms with Gasteiger partial charge in [-0.05, 0) is 64.6 Å². The average molecular weight is 472 g/mol. The van der Waals surface area contributed by atoms with Gasteiger partial charge in [0.2, 0.25) is 0 Å². The van der Waals surface area contributed by atoms with Gasteiger partial charge in [-0.15, -0.1) is 0 Å². The largest absolute Gasteiger partial charge is 0.496 e. The van der Waals surface area contributed by atoms with Gasteiger partial charge in [0.1, 0.15) is 5.75 Å². The lowest BCUT2D eigenvalue weighted by Gasteiger charge is -2.16. The maximum atomic E-state index is 6.07. The Hall–Kier alpha value is 0.0300. The lowest BCUT2D eigenvalue weighted by Crippen LogP contribution is -1.99. The molecule has 100 valence electrons. The molecule has 19 heavy (non-hydrogen) atoms. The molecule has 0 amide bonds. The highest BCUT2D eigenvalue weighted by Gasteiger charge is 2.18. The molecular weight excluding hydrogens is 462 g/mol. The van der Waals surface area contributed by atoms with E-state index in [9.17, 15) is 0 Å². The van der Waals surface area contributed by atoms with Crippen molar-refractivity contribution in [3.05, 3.63) is 61.1 Å². The summed E-state index contributed by atoms with van der Waals surface area (Å²) in [5, 5.41) is 1.39. The summed E-state index contributed by atoms with van der Waals surface area (Å²) < 4.78 is 6.52. The molecule has 2 aromatic rings. The zero-order valence-electron chi connectivity index (χ0n) is 9.96. The molecule has 0 bridgehead atoms. The second-order valence-corrected chi connectivity index (χ2v) is 6.87. The first kappa shape index (κ1) is 15.4. The number of alkyl halides is 1. The minimum Gasteiger partial charge on any atom is -0.496 e. The van der Waals surface area contributed by atoms with Crippen molar-refractivity contribution in [3.63, 3.8) is 0 Å². The van der Waals surface area contributed by atoms with Crippen molar-refractivity contribution in [1.82, 2.24) is 0 Å². The monoisotopic (exact) mass is 470 g/mol. The van der Waals surface area contributed by atoms with Gasteiger partial charge in [-0.1, -0.05) is 39.1 Å².